The van der Waals surface area contributed by atoms with Crippen molar-refractivity contribution in [2.24, 2.45) is 0 Å². The van der Waals surface area contributed by atoms with E-state index in [1.807, 2.05) is 20.0 Å². The molecule has 9 nitrogen and oxygen atoms in total. The molecular weight excluding hydrogens is 296 g/mol. The summed E-state index contributed by atoms with van der Waals surface area (Å²) >= 11 is 0. The first-order chi connectivity index (χ1) is 10.8. The number of rotatable bonds is 7. The Bertz CT molecular complexity index is 550. The van der Waals surface area contributed by atoms with Crippen molar-refractivity contribution >= 4 is 23.8 Å². The second kappa shape index (κ2) is 8.12. The highest BCUT2D eigenvalue weighted by Gasteiger charge is 2.20. The normalized spacial score (nSPS) is 9.96. The summed E-state index contributed by atoms with van der Waals surface area (Å²) in [5, 5.41) is 9.39. The van der Waals surface area contributed by atoms with Gasteiger partial charge in [-0.3, -0.25) is 4.79 Å². The lowest BCUT2D eigenvalue weighted by molar-refractivity contribution is -0.129. The fourth-order valence-corrected chi connectivity index (χ4v) is 1.83. The summed E-state index contributed by atoms with van der Waals surface area (Å²) in [6, 6.07) is 0. The molecule has 126 valence electrons. The molecule has 0 N–H and O–H groups in total. The Hall–Kier alpha value is -2.63. The van der Waals surface area contributed by atoms with Crippen LogP contribution in [0.25, 0.3) is 0 Å². The zero-order valence-electron chi connectivity index (χ0n) is 14.6. The first-order valence-corrected chi connectivity index (χ1v) is 7.39. The smallest absolute Gasteiger partial charge is 0.245 e. The number of carbonyl (C=O) groups is 1. The number of carbonyl (C=O) groups excluding carboxylic acids is 1. The molecule has 0 bridgehead atoms. The molecule has 0 radical (unpaired) electrons. The number of nitrogens with zero attached hydrogens (tertiary/aromatic N) is 8. The third-order valence-corrected chi connectivity index (χ3v) is 3.17. The Morgan fingerprint density at radius 3 is 1.74 bits per heavy atom. The molecule has 23 heavy (non-hydrogen) atoms. The Kier molecular flexibility index (Phi) is 6.50. The van der Waals surface area contributed by atoms with Gasteiger partial charge in [0.1, 0.15) is 6.54 Å². The quantitative estimate of drug-likeness (QED) is 0.518. The molecule has 0 aliphatic rings. The Labute approximate surface area is 137 Å². The molecule has 0 atom stereocenters. The highest BCUT2D eigenvalue weighted by Crippen LogP contribution is 2.16. The van der Waals surface area contributed by atoms with Gasteiger partial charge in [0, 0.05) is 41.3 Å². The molecule has 0 saturated carbocycles. The molecule has 0 saturated heterocycles. The molecule has 0 fully saturated rings. The predicted molar refractivity (Wildman–Crippen MR) is 89.4 cm³/mol. The van der Waals surface area contributed by atoms with Crippen molar-refractivity contribution in [3.05, 3.63) is 0 Å². The van der Waals surface area contributed by atoms with Gasteiger partial charge in [0.05, 0.1) is 0 Å². The number of nitriles is 1. The standard InChI is InChI=1S/C14H24N8O/c1-7-21(8-2)11(23)9-22(10-15)14-17-12(19(3)4)16-13(18-14)20(5)6/h7-9H2,1-6H3. The topological polar surface area (TPSA) is 92.5 Å². The van der Waals surface area contributed by atoms with E-state index in [9.17, 15) is 10.1 Å². The summed E-state index contributed by atoms with van der Waals surface area (Å²) in [6.07, 6.45) is 1.98. The van der Waals surface area contributed by atoms with E-state index in [1.54, 1.807) is 42.9 Å². The van der Waals surface area contributed by atoms with Crippen LogP contribution in [0.15, 0.2) is 0 Å². The Morgan fingerprint density at radius 2 is 1.39 bits per heavy atom. The van der Waals surface area contributed by atoms with E-state index in [-0.39, 0.29) is 18.4 Å². The van der Waals surface area contributed by atoms with E-state index in [2.05, 4.69) is 15.0 Å². The molecule has 0 aliphatic heterocycles. The van der Waals surface area contributed by atoms with Crippen LogP contribution in [0.4, 0.5) is 17.8 Å². The van der Waals surface area contributed by atoms with Crippen LogP contribution in [0.2, 0.25) is 0 Å². The van der Waals surface area contributed by atoms with Gasteiger partial charge in [-0.2, -0.15) is 20.2 Å². The molecule has 1 heterocycles. The van der Waals surface area contributed by atoms with E-state index < -0.39 is 0 Å². The van der Waals surface area contributed by atoms with Crippen LogP contribution in [0.5, 0.6) is 0 Å². The summed E-state index contributed by atoms with van der Waals surface area (Å²) in [5.41, 5.74) is 0. The van der Waals surface area contributed by atoms with Crippen LogP contribution >= 0.6 is 0 Å². The third-order valence-electron chi connectivity index (χ3n) is 3.17. The van der Waals surface area contributed by atoms with Crippen molar-refractivity contribution in [3.8, 4) is 6.19 Å². The summed E-state index contributed by atoms with van der Waals surface area (Å²) in [4.78, 5) is 31.3. The SMILES string of the molecule is CCN(CC)C(=O)CN(C#N)c1nc(N(C)C)nc(N(C)C)n1. The number of aromatic nitrogens is 3. The molecule has 9 heteroatoms. The molecule has 1 aromatic heterocycles. The van der Waals surface area contributed by atoms with Gasteiger partial charge in [-0.15, -0.1) is 0 Å². The zero-order chi connectivity index (χ0) is 17.6. The van der Waals surface area contributed by atoms with E-state index >= 15 is 0 Å². The van der Waals surface area contributed by atoms with Crippen LogP contribution in [0.3, 0.4) is 0 Å². The molecule has 1 rings (SSSR count). The largest absolute Gasteiger partial charge is 0.347 e. The lowest BCUT2D eigenvalue weighted by atomic mass is 10.4. The minimum atomic E-state index is -0.144. The summed E-state index contributed by atoms with van der Waals surface area (Å²) < 4.78 is 0. The maximum Gasteiger partial charge on any atom is 0.245 e. The van der Waals surface area contributed by atoms with E-state index in [1.165, 1.54) is 4.90 Å². The van der Waals surface area contributed by atoms with E-state index in [0.29, 0.717) is 25.0 Å². The molecule has 1 amide bonds. The van der Waals surface area contributed by atoms with Gasteiger partial charge in [-0.25, -0.2) is 4.90 Å². The van der Waals surface area contributed by atoms with E-state index in [0.717, 1.165) is 0 Å². The summed E-state index contributed by atoms with van der Waals surface area (Å²) in [6.45, 7) is 4.89. The number of amides is 1. The molecule has 0 aromatic carbocycles. The maximum absolute atomic E-state index is 12.2. The zero-order valence-corrected chi connectivity index (χ0v) is 14.6. The monoisotopic (exact) mass is 320 g/mol. The van der Waals surface area contributed by atoms with Crippen molar-refractivity contribution in [3.63, 3.8) is 0 Å². The van der Waals surface area contributed by atoms with Crippen molar-refractivity contribution in [2.45, 2.75) is 13.8 Å². The second-order valence-corrected chi connectivity index (χ2v) is 5.28. The fraction of sp³-hybridized carbons (Fsp3) is 0.643. The summed E-state index contributed by atoms with van der Waals surface area (Å²) in [5.74, 6) is 0.869. The number of hydrogen-bond acceptors (Lipinski definition) is 8. The molecular formula is C14H24N8O. The highest BCUT2D eigenvalue weighted by molar-refractivity contribution is 5.81. The number of hydrogen-bond donors (Lipinski definition) is 0. The van der Waals surface area contributed by atoms with Gasteiger partial charge >= 0.3 is 0 Å². The average molecular weight is 320 g/mol. The van der Waals surface area contributed by atoms with Gasteiger partial charge < -0.3 is 14.7 Å². The van der Waals surface area contributed by atoms with Crippen LogP contribution in [-0.2, 0) is 4.79 Å². The average Bonchev–Trinajstić information content (AvgIpc) is 2.53. The number of anilines is 3. The minimum absolute atomic E-state index is 0.0953. The molecule has 0 unspecified atom stereocenters. The third kappa shape index (κ3) is 4.67. The van der Waals surface area contributed by atoms with Gasteiger partial charge in [0.15, 0.2) is 6.19 Å². The molecule has 1 aromatic rings. The second-order valence-electron chi connectivity index (χ2n) is 5.28. The van der Waals surface area contributed by atoms with Crippen LogP contribution < -0.4 is 14.7 Å². The van der Waals surface area contributed by atoms with Crippen molar-refractivity contribution in [2.75, 3.05) is 62.5 Å². The lowest BCUT2D eigenvalue weighted by Gasteiger charge is -2.22. The Balaban J connectivity index is 3.15. The Morgan fingerprint density at radius 1 is 0.957 bits per heavy atom. The minimum Gasteiger partial charge on any atom is -0.347 e. The van der Waals surface area contributed by atoms with Crippen LogP contribution in [0.1, 0.15) is 13.8 Å². The fourth-order valence-electron chi connectivity index (χ4n) is 1.83. The van der Waals surface area contributed by atoms with Gasteiger partial charge in [0.2, 0.25) is 23.8 Å². The summed E-state index contributed by atoms with van der Waals surface area (Å²) in [7, 11) is 7.21. The van der Waals surface area contributed by atoms with Crippen molar-refractivity contribution in [1.82, 2.24) is 19.9 Å². The number of likely N-dealkylation sites (N-methyl/N-ethyl adjacent to an activating group) is 1. The predicted octanol–water partition coefficient (Wildman–Crippen LogP) is 0.159. The van der Waals surface area contributed by atoms with Crippen LogP contribution in [0, 0.1) is 11.5 Å². The van der Waals surface area contributed by atoms with Crippen LogP contribution in [-0.4, -0.2) is 73.6 Å². The van der Waals surface area contributed by atoms with Gasteiger partial charge in [-0.1, -0.05) is 0 Å². The van der Waals surface area contributed by atoms with Gasteiger partial charge in [0.25, 0.3) is 0 Å². The van der Waals surface area contributed by atoms with E-state index in [4.69, 9.17) is 0 Å². The van der Waals surface area contributed by atoms with Gasteiger partial charge in [-0.05, 0) is 13.8 Å². The molecule has 0 aliphatic carbocycles. The first kappa shape index (κ1) is 18.4. The first-order valence-electron chi connectivity index (χ1n) is 7.39. The lowest BCUT2D eigenvalue weighted by Crippen LogP contribution is -2.39. The maximum atomic E-state index is 12.2. The molecule has 0 spiro atoms. The van der Waals surface area contributed by atoms with Crippen molar-refractivity contribution in [1.29, 1.82) is 5.26 Å². The van der Waals surface area contributed by atoms with Crippen molar-refractivity contribution < 1.29 is 4.79 Å². The highest BCUT2D eigenvalue weighted by atomic mass is 16.2.